The zero-order valence-electron chi connectivity index (χ0n) is 9.00. The van der Waals surface area contributed by atoms with Gasteiger partial charge >= 0.3 is 5.97 Å². The maximum Gasteiger partial charge on any atom is 0.342 e. The van der Waals surface area contributed by atoms with Crippen molar-refractivity contribution in [2.45, 2.75) is 13.3 Å². The van der Waals surface area contributed by atoms with Crippen molar-refractivity contribution >= 4 is 5.97 Å². The molecule has 0 aliphatic rings. The van der Waals surface area contributed by atoms with E-state index >= 15 is 0 Å². The first-order valence-electron chi connectivity index (χ1n) is 4.81. The summed E-state index contributed by atoms with van der Waals surface area (Å²) in [5.74, 6) is -2.07. The largest absolute Gasteiger partial charge is 0.492 e. The van der Waals surface area contributed by atoms with Gasteiger partial charge in [-0.05, 0) is 19.1 Å². The molecule has 0 aliphatic heterocycles. The van der Waals surface area contributed by atoms with Gasteiger partial charge in [-0.15, -0.1) is 6.58 Å². The molecule has 16 heavy (non-hydrogen) atoms. The Morgan fingerprint density at radius 1 is 1.56 bits per heavy atom. The van der Waals surface area contributed by atoms with Crippen LogP contribution in [0.4, 0.5) is 4.39 Å². The molecule has 0 spiro atoms. The first-order chi connectivity index (χ1) is 7.52. The van der Waals surface area contributed by atoms with E-state index in [0.29, 0.717) is 13.0 Å². The van der Waals surface area contributed by atoms with Crippen molar-refractivity contribution in [1.82, 2.24) is 0 Å². The second kappa shape index (κ2) is 5.30. The maximum atomic E-state index is 13.2. The van der Waals surface area contributed by atoms with Crippen LogP contribution in [-0.4, -0.2) is 17.7 Å². The van der Waals surface area contributed by atoms with Crippen LogP contribution < -0.4 is 4.74 Å². The number of halogens is 1. The minimum Gasteiger partial charge on any atom is -0.492 e. The Kier molecular flexibility index (Phi) is 4.05. The third-order valence-electron chi connectivity index (χ3n) is 1.98. The number of rotatable bonds is 5. The molecule has 0 saturated carbocycles. The topological polar surface area (TPSA) is 46.5 Å². The number of ether oxygens (including phenoxy) is 1. The van der Waals surface area contributed by atoms with Crippen molar-refractivity contribution < 1.29 is 19.0 Å². The second-order valence-electron chi connectivity index (χ2n) is 3.47. The zero-order valence-corrected chi connectivity index (χ0v) is 9.00. The van der Waals surface area contributed by atoms with E-state index < -0.39 is 17.3 Å². The summed E-state index contributed by atoms with van der Waals surface area (Å²) in [4.78, 5) is 10.8. The van der Waals surface area contributed by atoms with Gasteiger partial charge in [-0.25, -0.2) is 9.18 Å². The van der Waals surface area contributed by atoms with E-state index in [0.717, 1.165) is 11.6 Å². The lowest BCUT2D eigenvalue weighted by molar-refractivity contribution is 0.0687. The van der Waals surface area contributed by atoms with Gasteiger partial charge in [0.2, 0.25) is 0 Å². The molecule has 0 fully saturated rings. The predicted molar refractivity (Wildman–Crippen MR) is 58.3 cm³/mol. The third-order valence-corrected chi connectivity index (χ3v) is 1.98. The molecular weight excluding hydrogens is 211 g/mol. The van der Waals surface area contributed by atoms with Crippen LogP contribution in [0.2, 0.25) is 0 Å². The molecule has 0 amide bonds. The van der Waals surface area contributed by atoms with E-state index in [1.54, 1.807) is 0 Å². The number of carbonyl (C=O) groups is 1. The van der Waals surface area contributed by atoms with Crippen molar-refractivity contribution in [3.8, 4) is 5.75 Å². The van der Waals surface area contributed by atoms with Crippen LogP contribution in [0.25, 0.3) is 0 Å². The van der Waals surface area contributed by atoms with E-state index in [-0.39, 0.29) is 5.75 Å². The number of aromatic carboxylic acids is 1. The molecular formula is C12H13FO3. The molecule has 0 bridgehead atoms. The smallest absolute Gasteiger partial charge is 0.342 e. The van der Waals surface area contributed by atoms with Gasteiger partial charge in [0, 0.05) is 6.42 Å². The van der Waals surface area contributed by atoms with E-state index in [4.69, 9.17) is 9.84 Å². The van der Waals surface area contributed by atoms with Gasteiger partial charge in [-0.3, -0.25) is 0 Å². The highest BCUT2D eigenvalue weighted by molar-refractivity contribution is 5.91. The van der Waals surface area contributed by atoms with Gasteiger partial charge < -0.3 is 9.84 Å². The summed E-state index contributed by atoms with van der Waals surface area (Å²) in [6, 6.07) is 3.94. The molecule has 0 radical (unpaired) electrons. The lowest BCUT2D eigenvalue weighted by Gasteiger charge is -2.09. The van der Waals surface area contributed by atoms with E-state index in [1.165, 1.54) is 12.1 Å². The van der Waals surface area contributed by atoms with Gasteiger partial charge in [0.1, 0.15) is 17.1 Å². The fourth-order valence-electron chi connectivity index (χ4n) is 1.17. The summed E-state index contributed by atoms with van der Waals surface area (Å²) in [6.45, 7) is 5.82. The lowest BCUT2D eigenvalue weighted by atomic mass is 10.2. The number of carboxylic acids is 1. The van der Waals surface area contributed by atoms with Gasteiger partial charge in [0.25, 0.3) is 0 Å². The maximum absolute atomic E-state index is 13.2. The third kappa shape index (κ3) is 3.08. The summed E-state index contributed by atoms with van der Waals surface area (Å²) >= 11 is 0. The Morgan fingerprint density at radius 3 is 2.81 bits per heavy atom. The highest BCUT2D eigenvalue weighted by Gasteiger charge is 2.16. The summed E-state index contributed by atoms with van der Waals surface area (Å²) in [5, 5.41) is 8.82. The summed E-state index contributed by atoms with van der Waals surface area (Å²) < 4.78 is 18.4. The average molecular weight is 224 g/mol. The lowest BCUT2D eigenvalue weighted by Crippen LogP contribution is -2.07. The molecule has 0 heterocycles. The average Bonchev–Trinajstić information content (AvgIpc) is 2.16. The Morgan fingerprint density at radius 2 is 2.25 bits per heavy atom. The molecule has 4 heteroatoms. The molecule has 1 N–H and O–H groups in total. The van der Waals surface area contributed by atoms with Crippen LogP contribution >= 0.6 is 0 Å². The minimum atomic E-state index is -1.33. The quantitative estimate of drug-likeness (QED) is 0.782. The van der Waals surface area contributed by atoms with Crippen molar-refractivity contribution in [2.75, 3.05) is 6.61 Å². The summed E-state index contributed by atoms with van der Waals surface area (Å²) in [5.41, 5.74) is 0.498. The van der Waals surface area contributed by atoms with Gasteiger partial charge in [0.15, 0.2) is 0 Å². The van der Waals surface area contributed by atoms with Crippen LogP contribution in [0.3, 0.4) is 0 Å². The second-order valence-corrected chi connectivity index (χ2v) is 3.47. The number of hydrogen-bond donors (Lipinski definition) is 1. The normalized spacial score (nSPS) is 9.88. The molecule has 0 saturated heterocycles. The van der Waals surface area contributed by atoms with Crippen molar-refractivity contribution in [1.29, 1.82) is 0 Å². The molecule has 0 aromatic heterocycles. The number of benzene rings is 1. The first-order valence-corrected chi connectivity index (χ1v) is 4.81. The van der Waals surface area contributed by atoms with Crippen LogP contribution in [0, 0.1) is 5.82 Å². The van der Waals surface area contributed by atoms with Gasteiger partial charge in [-0.2, -0.15) is 0 Å². The van der Waals surface area contributed by atoms with Crippen molar-refractivity contribution in [3.63, 3.8) is 0 Å². The minimum absolute atomic E-state index is 0.0498. The van der Waals surface area contributed by atoms with E-state index in [1.807, 2.05) is 6.92 Å². The highest BCUT2D eigenvalue weighted by Crippen LogP contribution is 2.21. The molecule has 3 nitrogen and oxygen atoms in total. The fraction of sp³-hybridized carbons (Fsp3) is 0.250. The van der Waals surface area contributed by atoms with Crippen molar-refractivity contribution in [3.05, 3.63) is 41.7 Å². The molecule has 1 aromatic rings. The molecule has 0 unspecified atom stereocenters. The fourth-order valence-corrected chi connectivity index (χ4v) is 1.17. The van der Waals surface area contributed by atoms with Gasteiger partial charge in [-0.1, -0.05) is 11.6 Å². The monoisotopic (exact) mass is 224 g/mol. The Bertz CT molecular complexity index is 413. The molecule has 1 aromatic carbocycles. The van der Waals surface area contributed by atoms with Crippen LogP contribution in [0.15, 0.2) is 30.4 Å². The molecule has 1 rings (SSSR count). The van der Waals surface area contributed by atoms with E-state index in [2.05, 4.69) is 6.58 Å². The Balaban J connectivity index is 2.83. The summed E-state index contributed by atoms with van der Waals surface area (Å²) in [6.07, 6.45) is 0.607. The molecule has 0 aliphatic carbocycles. The van der Waals surface area contributed by atoms with Crippen molar-refractivity contribution in [2.24, 2.45) is 0 Å². The zero-order chi connectivity index (χ0) is 12.1. The predicted octanol–water partition coefficient (Wildman–Crippen LogP) is 2.87. The van der Waals surface area contributed by atoms with Crippen LogP contribution in [0.1, 0.15) is 23.7 Å². The van der Waals surface area contributed by atoms with Crippen LogP contribution in [-0.2, 0) is 0 Å². The van der Waals surface area contributed by atoms with E-state index in [9.17, 15) is 9.18 Å². The first kappa shape index (κ1) is 12.2. The number of carboxylic acid groups (broad SMARTS) is 1. The summed E-state index contributed by atoms with van der Waals surface area (Å²) in [7, 11) is 0. The number of hydrogen-bond acceptors (Lipinski definition) is 2. The SMILES string of the molecule is C=C(C)CCOc1cccc(F)c1C(=O)O. The highest BCUT2D eigenvalue weighted by atomic mass is 19.1. The van der Waals surface area contributed by atoms with Crippen LogP contribution in [0.5, 0.6) is 5.75 Å². The standard InChI is InChI=1S/C12H13FO3/c1-8(2)6-7-16-10-5-3-4-9(13)11(10)12(14)15/h3-5H,1,6-7H2,2H3,(H,14,15). The molecule has 86 valence electrons. The van der Waals surface area contributed by atoms with Gasteiger partial charge in [0.05, 0.1) is 6.61 Å². The Labute approximate surface area is 93.2 Å². The molecule has 0 atom stereocenters. The Hall–Kier alpha value is -1.84.